The van der Waals surface area contributed by atoms with E-state index in [1.54, 1.807) is 25.2 Å². The smallest absolute Gasteiger partial charge is 0.119 e. The second kappa shape index (κ2) is 5.38. The van der Waals surface area contributed by atoms with Crippen molar-refractivity contribution in [1.29, 1.82) is 0 Å². The molecule has 3 aromatic rings. The average Bonchev–Trinajstić information content (AvgIpc) is 2.48. The van der Waals surface area contributed by atoms with Crippen LogP contribution < -0.4 is 10.5 Å². The minimum absolute atomic E-state index is 0.708. The lowest BCUT2D eigenvalue weighted by molar-refractivity contribution is 0.413. The van der Waals surface area contributed by atoms with Crippen molar-refractivity contribution in [1.82, 2.24) is 9.97 Å². The van der Waals surface area contributed by atoms with E-state index in [0.29, 0.717) is 5.69 Å². The molecule has 0 aliphatic heterocycles. The summed E-state index contributed by atoms with van der Waals surface area (Å²) in [4.78, 5) is 9.67. The van der Waals surface area contributed by atoms with Gasteiger partial charge in [-0.05, 0) is 36.4 Å². The number of aromatic nitrogens is 2. The van der Waals surface area contributed by atoms with E-state index >= 15 is 0 Å². The van der Waals surface area contributed by atoms with E-state index in [-0.39, 0.29) is 0 Å². The number of methoxy groups -OCH3 is 1. The van der Waals surface area contributed by atoms with Crippen molar-refractivity contribution < 1.29 is 4.74 Å². The standard InChI is InChI=1S/C15H13N3OS/c1-19-11-3-2-4-12(8-11)20-15-13-7-10(16)5-6-14(13)17-9-18-15/h2-9H,16H2,1H3. The second-order valence-electron chi connectivity index (χ2n) is 4.24. The first kappa shape index (κ1) is 12.7. The second-order valence-corrected chi connectivity index (χ2v) is 5.30. The van der Waals surface area contributed by atoms with Gasteiger partial charge < -0.3 is 10.5 Å². The van der Waals surface area contributed by atoms with Crippen molar-refractivity contribution in [2.24, 2.45) is 0 Å². The predicted molar refractivity (Wildman–Crippen MR) is 81.1 cm³/mol. The number of ether oxygens (including phenoxy) is 1. The van der Waals surface area contributed by atoms with E-state index in [9.17, 15) is 0 Å². The molecule has 4 nitrogen and oxygen atoms in total. The Hall–Kier alpha value is -2.27. The highest BCUT2D eigenvalue weighted by Gasteiger charge is 2.07. The minimum atomic E-state index is 0.708. The van der Waals surface area contributed by atoms with Gasteiger partial charge in [0.2, 0.25) is 0 Å². The van der Waals surface area contributed by atoms with Crippen LogP contribution in [-0.2, 0) is 0 Å². The quantitative estimate of drug-likeness (QED) is 0.590. The lowest BCUT2D eigenvalue weighted by Crippen LogP contribution is -1.90. The molecule has 3 rings (SSSR count). The molecule has 0 amide bonds. The molecule has 0 spiro atoms. The van der Waals surface area contributed by atoms with Gasteiger partial charge in [-0.15, -0.1) is 0 Å². The van der Waals surface area contributed by atoms with Crippen molar-refractivity contribution in [3.63, 3.8) is 0 Å². The van der Waals surface area contributed by atoms with Gasteiger partial charge in [0.05, 0.1) is 12.6 Å². The molecule has 0 aliphatic rings. The molecule has 0 atom stereocenters. The third-order valence-electron chi connectivity index (χ3n) is 2.88. The summed E-state index contributed by atoms with van der Waals surface area (Å²) in [6.07, 6.45) is 1.57. The number of rotatable bonds is 3. The summed E-state index contributed by atoms with van der Waals surface area (Å²) in [5, 5.41) is 1.84. The van der Waals surface area contributed by atoms with E-state index in [1.807, 2.05) is 42.5 Å². The summed E-state index contributed by atoms with van der Waals surface area (Å²) < 4.78 is 5.23. The van der Waals surface area contributed by atoms with Crippen LogP contribution in [0.25, 0.3) is 10.9 Å². The Balaban J connectivity index is 2.03. The molecule has 20 heavy (non-hydrogen) atoms. The Kier molecular flexibility index (Phi) is 3.43. The lowest BCUT2D eigenvalue weighted by Gasteiger charge is -2.06. The van der Waals surface area contributed by atoms with Crippen molar-refractivity contribution in [3.05, 3.63) is 48.8 Å². The highest BCUT2D eigenvalue weighted by molar-refractivity contribution is 7.99. The summed E-state index contributed by atoms with van der Waals surface area (Å²) in [6, 6.07) is 13.5. The maximum absolute atomic E-state index is 5.85. The molecular formula is C15H13N3OS. The molecule has 1 heterocycles. The van der Waals surface area contributed by atoms with Gasteiger partial charge in [-0.25, -0.2) is 9.97 Å². The normalized spacial score (nSPS) is 10.7. The third-order valence-corrected chi connectivity index (χ3v) is 3.89. The predicted octanol–water partition coefficient (Wildman–Crippen LogP) is 3.37. The Labute approximate surface area is 121 Å². The van der Waals surface area contributed by atoms with Crippen LogP contribution >= 0.6 is 11.8 Å². The van der Waals surface area contributed by atoms with Gasteiger partial charge >= 0.3 is 0 Å². The van der Waals surface area contributed by atoms with Crippen LogP contribution in [0.2, 0.25) is 0 Å². The van der Waals surface area contributed by atoms with Gasteiger partial charge in [0.15, 0.2) is 0 Å². The zero-order valence-electron chi connectivity index (χ0n) is 10.9. The van der Waals surface area contributed by atoms with Crippen LogP contribution in [0.3, 0.4) is 0 Å². The highest BCUT2D eigenvalue weighted by atomic mass is 32.2. The Morgan fingerprint density at radius 2 is 2.00 bits per heavy atom. The van der Waals surface area contributed by atoms with Gasteiger partial charge in [-0.3, -0.25) is 0 Å². The summed E-state index contributed by atoms with van der Waals surface area (Å²) >= 11 is 1.57. The summed E-state index contributed by atoms with van der Waals surface area (Å²) in [6.45, 7) is 0. The number of fused-ring (bicyclic) bond motifs is 1. The van der Waals surface area contributed by atoms with E-state index in [0.717, 1.165) is 26.6 Å². The van der Waals surface area contributed by atoms with E-state index in [1.165, 1.54) is 0 Å². The van der Waals surface area contributed by atoms with Crippen LogP contribution in [0.15, 0.2) is 58.7 Å². The highest BCUT2D eigenvalue weighted by Crippen LogP contribution is 2.33. The summed E-state index contributed by atoms with van der Waals surface area (Å²) in [5.74, 6) is 0.827. The SMILES string of the molecule is COc1cccc(Sc2ncnc3ccc(N)cc23)c1. The molecule has 0 bridgehead atoms. The van der Waals surface area contributed by atoms with Gasteiger partial charge in [-0.2, -0.15) is 0 Å². The molecule has 0 aliphatic carbocycles. The van der Waals surface area contributed by atoms with Crippen LogP contribution in [0.5, 0.6) is 5.75 Å². The Bertz CT molecular complexity index is 761. The van der Waals surface area contributed by atoms with E-state index in [2.05, 4.69) is 9.97 Å². The van der Waals surface area contributed by atoms with E-state index in [4.69, 9.17) is 10.5 Å². The first-order chi connectivity index (χ1) is 9.76. The molecule has 2 N–H and O–H groups in total. The van der Waals surface area contributed by atoms with Crippen LogP contribution in [-0.4, -0.2) is 17.1 Å². The van der Waals surface area contributed by atoms with Crippen LogP contribution in [0, 0.1) is 0 Å². The van der Waals surface area contributed by atoms with Gasteiger partial charge in [-0.1, -0.05) is 17.8 Å². The van der Waals surface area contributed by atoms with Gasteiger partial charge in [0, 0.05) is 16.0 Å². The number of benzene rings is 2. The van der Waals surface area contributed by atoms with Crippen molar-refractivity contribution in [2.75, 3.05) is 12.8 Å². The monoisotopic (exact) mass is 283 g/mol. The molecule has 1 aromatic heterocycles. The number of hydrogen-bond acceptors (Lipinski definition) is 5. The van der Waals surface area contributed by atoms with E-state index < -0.39 is 0 Å². The fourth-order valence-electron chi connectivity index (χ4n) is 1.91. The topological polar surface area (TPSA) is 61.0 Å². The minimum Gasteiger partial charge on any atom is -0.497 e. The fraction of sp³-hybridized carbons (Fsp3) is 0.0667. The fourth-order valence-corrected chi connectivity index (χ4v) is 2.83. The summed E-state index contributed by atoms with van der Waals surface area (Å²) in [5.41, 5.74) is 7.44. The maximum Gasteiger partial charge on any atom is 0.119 e. The summed E-state index contributed by atoms with van der Waals surface area (Å²) in [7, 11) is 1.66. The van der Waals surface area contributed by atoms with Crippen molar-refractivity contribution in [2.45, 2.75) is 9.92 Å². The van der Waals surface area contributed by atoms with Gasteiger partial charge in [0.25, 0.3) is 0 Å². The maximum atomic E-state index is 5.85. The molecule has 2 aromatic carbocycles. The molecule has 0 saturated carbocycles. The largest absolute Gasteiger partial charge is 0.497 e. The van der Waals surface area contributed by atoms with Crippen molar-refractivity contribution >= 4 is 28.4 Å². The molecule has 0 unspecified atom stereocenters. The number of hydrogen-bond donors (Lipinski definition) is 1. The molecule has 100 valence electrons. The van der Waals surface area contributed by atoms with Crippen LogP contribution in [0.4, 0.5) is 5.69 Å². The first-order valence-corrected chi connectivity index (χ1v) is 6.90. The number of nitrogens with zero attached hydrogens (tertiary/aromatic N) is 2. The Morgan fingerprint density at radius 1 is 1.10 bits per heavy atom. The molecule has 0 fully saturated rings. The van der Waals surface area contributed by atoms with Crippen LogP contribution in [0.1, 0.15) is 0 Å². The zero-order chi connectivity index (χ0) is 13.9. The zero-order valence-corrected chi connectivity index (χ0v) is 11.7. The first-order valence-electron chi connectivity index (χ1n) is 6.08. The third kappa shape index (κ3) is 2.53. The van der Waals surface area contributed by atoms with Crippen molar-refractivity contribution in [3.8, 4) is 5.75 Å². The number of nitrogens with two attached hydrogens (primary N) is 1. The van der Waals surface area contributed by atoms with Gasteiger partial charge in [0.1, 0.15) is 17.1 Å². The number of anilines is 1. The molecular weight excluding hydrogens is 270 g/mol. The molecule has 5 heteroatoms. The molecule has 0 saturated heterocycles. The number of nitrogen functional groups attached to an aromatic ring is 1. The lowest BCUT2D eigenvalue weighted by atomic mass is 10.2. The Morgan fingerprint density at radius 3 is 2.85 bits per heavy atom. The molecule has 0 radical (unpaired) electrons. The average molecular weight is 283 g/mol.